The molecule has 1 rings (SSSR count). The summed E-state index contributed by atoms with van der Waals surface area (Å²) in [7, 11) is 1.68. The van der Waals surface area contributed by atoms with Gasteiger partial charge in [0.1, 0.15) is 0 Å². The Labute approximate surface area is 104 Å². The maximum Gasteiger partial charge on any atom is 0.233 e. The fraction of sp³-hybridized carbons (Fsp3) is 0.500. The van der Waals surface area contributed by atoms with Crippen LogP contribution < -0.4 is 5.73 Å². The van der Waals surface area contributed by atoms with Crippen molar-refractivity contribution in [3.05, 3.63) is 16.1 Å². The van der Waals surface area contributed by atoms with E-state index in [2.05, 4.69) is 10.1 Å². The average molecular weight is 256 g/mol. The standard InChI is InChI=1S/C10H16N4O2S/c1-6(9(11)13-16)10(15)14(3)4-8-7(2)12-5-17-8/h5-6,16H,4H2,1-3H3,(H2,11,13). The quantitative estimate of drug-likeness (QED) is 0.360. The molecule has 0 aliphatic heterocycles. The first-order valence-electron chi connectivity index (χ1n) is 5.08. The zero-order chi connectivity index (χ0) is 13.0. The van der Waals surface area contributed by atoms with Crippen molar-refractivity contribution < 1.29 is 10.0 Å². The van der Waals surface area contributed by atoms with Crippen LogP contribution in [0.3, 0.4) is 0 Å². The third-order valence-corrected chi connectivity index (χ3v) is 3.45. The van der Waals surface area contributed by atoms with Crippen molar-refractivity contribution in [1.82, 2.24) is 9.88 Å². The Kier molecular flexibility index (Phi) is 4.45. The molecule has 0 fully saturated rings. The van der Waals surface area contributed by atoms with Gasteiger partial charge < -0.3 is 15.8 Å². The number of oxime groups is 1. The number of thiazole rings is 1. The molecule has 1 aromatic rings. The number of amidine groups is 1. The van der Waals surface area contributed by atoms with Gasteiger partial charge in [0.15, 0.2) is 5.84 Å². The van der Waals surface area contributed by atoms with Gasteiger partial charge in [0.05, 0.1) is 23.7 Å². The number of nitrogens with zero attached hydrogens (tertiary/aromatic N) is 3. The lowest BCUT2D eigenvalue weighted by Gasteiger charge is -2.20. The van der Waals surface area contributed by atoms with Gasteiger partial charge in [0.25, 0.3) is 0 Å². The van der Waals surface area contributed by atoms with E-state index in [1.54, 1.807) is 24.4 Å². The second-order valence-electron chi connectivity index (χ2n) is 3.80. The number of amides is 1. The summed E-state index contributed by atoms with van der Waals surface area (Å²) in [6.07, 6.45) is 0. The van der Waals surface area contributed by atoms with Crippen molar-refractivity contribution >= 4 is 23.1 Å². The molecular weight excluding hydrogens is 240 g/mol. The van der Waals surface area contributed by atoms with Crippen LogP contribution in [-0.2, 0) is 11.3 Å². The van der Waals surface area contributed by atoms with Crippen molar-refractivity contribution in [3.8, 4) is 0 Å². The zero-order valence-corrected chi connectivity index (χ0v) is 10.9. The van der Waals surface area contributed by atoms with Crippen LogP contribution >= 0.6 is 11.3 Å². The van der Waals surface area contributed by atoms with Gasteiger partial charge in [0.2, 0.25) is 5.91 Å². The average Bonchev–Trinajstić information content (AvgIpc) is 2.72. The monoisotopic (exact) mass is 256 g/mol. The fourth-order valence-electron chi connectivity index (χ4n) is 1.32. The van der Waals surface area contributed by atoms with Crippen LogP contribution in [0.15, 0.2) is 10.7 Å². The van der Waals surface area contributed by atoms with Crippen molar-refractivity contribution in [2.45, 2.75) is 20.4 Å². The lowest BCUT2D eigenvalue weighted by molar-refractivity contribution is -0.132. The molecular formula is C10H16N4O2S. The van der Waals surface area contributed by atoms with E-state index >= 15 is 0 Å². The number of hydrogen-bond donors (Lipinski definition) is 2. The summed E-state index contributed by atoms with van der Waals surface area (Å²) in [6, 6.07) is 0. The van der Waals surface area contributed by atoms with Gasteiger partial charge in [-0.1, -0.05) is 5.16 Å². The number of carbonyl (C=O) groups is 1. The Hall–Kier alpha value is -1.63. The van der Waals surface area contributed by atoms with Crippen molar-refractivity contribution in [1.29, 1.82) is 0 Å². The minimum Gasteiger partial charge on any atom is -0.409 e. The van der Waals surface area contributed by atoms with Crippen molar-refractivity contribution in [3.63, 3.8) is 0 Å². The summed E-state index contributed by atoms with van der Waals surface area (Å²) in [5.74, 6) is -0.894. The number of carbonyl (C=O) groups excluding carboxylic acids is 1. The minimum absolute atomic E-state index is 0.0807. The van der Waals surface area contributed by atoms with Crippen LogP contribution in [0.1, 0.15) is 17.5 Å². The molecule has 1 amide bonds. The summed E-state index contributed by atoms with van der Waals surface area (Å²) in [5, 5.41) is 11.4. The Balaban J connectivity index is 2.68. The molecule has 0 bridgehead atoms. The molecule has 0 saturated heterocycles. The van der Waals surface area contributed by atoms with Gasteiger partial charge in [-0.3, -0.25) is 4.79 Å². The fourth-order valence-corrected chi connectivity index (χ4v) is 2.14. The van der Waals surface area contributed by atoms with Crippen LogP contribution in [0.2, 0.25) is 0 Å². The van der Waals surface area contributed by atoms with Gasteiger partial charge in [-0.15, -0.1) is 11.3 Å². The molecule has 1 aromatic heterocycles. The van der Waals surface area contributed by atoms with E-state index < -0.39 is 5.92 Å². The number of aromatic nitrogens is 1. The molecule has 6 nitrogen and oxygen atoms in total. The van der Waals surface area contributed by atoms with Crippen molar-refractivity contribution in [2.75, 3.05) is 7.05 Å². The zero-order valence-electron chi connectivity index (χ0n) is 10.0. The second kappa shape index (κ2) is 5.62. The predicted octanol–water partition coefficient (Wildman–Crippen LogP) is 0.792. The highest BCUT2D eigenvalue weighted by molar-refractivity contribution is 7.09. The maximum absolute atomic E-state index is 11.9. The molecule has 1 unspecified atom stereocenters. The second-order valence-corrected chi connectivity index (χ2v) is 4.74. The number of rotatable bonds is 4. The Morgan fingerprint density at radius 1 is 1.76 bits per heavy atom. The maximum atomic E-state index is 11.9. The molecule has 0 aliphatic carbocycles. The topological polar surface area (TPSA) is 91.8 Å². The Bertz CT molecular complexity index is 430. The SMILES string of the molecule is Cc1ncsc1CN(C)C(=O)C(C)C(N)=NO. The van der Waals surface area contributed by atoms with Crippen LogP contribution in [0.5, 0.6) is 0 Å². The highest BCUT2D eigenvalue weighted by Gasteiger charge is 2.22. The van der Waals surface area contributed by atoms with Gasteiger partial charge in [-0.2, -0.15) is 0 Å². The highest BCUT2D eigenvalue weighted by Crippen LogP contribution is 2.15. The summed E-state index contributed by atoms with van der Waals surface area (Å²) < 4.78 is 0. The normalized spacial score (nSPS) is 13.5. The molecule has 0 radical (unpaired) electrons. The van der Waals surface area contributed by atoms with Crippen LogP contribution in [0, 0.1) is 12.8 Å². The van der Waals surface area contributed by atoms with E-state index in [0.29, 0.717) is 6.54 Å². The van der Waals surface area contributed by atoms with E-state index in [4.69, 9.17) is 10.9 Å². The van der Waals surface area contributed by atoms with Crippen LogP contribution in [-0.4, -0.2) is 33.9 Å². The predicted molar refractivity (Wildman–Crippen MR) is 65.9 cm³/mol. The molecule has 0 spiro atoms. The molecule has 94 valence electrons. The van der Waals surface area contributed by atoms with Crippen LogP contribution in [0.25, 0.3) is 0 Å². The molecule has 0 aromatic carbocycles. The number of nitrogens with two attached hydrogens (primary N) is 1. The number of aryl methyl sites for hydroxylation is 1. The molecule has 17 heavy (non-hydrogen) atoms. The molecule has 3 N–H and O–H groups in total. The summed E-state index contributed by atoms with van der Waals surface area (Å²) in [5.41, 5.74) is 8.07. The Morgan fingerprint density at radius 2 is 2.41 bits per heavy atom. The third kappa shape index (κ3) is 3.16. The van der Waals surface area contributed by atoms with Gasteiger partial charge in [-0.05, 0) is 13.8 Å². The first-order chi connectivity index (χ1) is 7.97. The Morgan fingerprint density at radius 3 is 2.88 bits per heavy atom. The summed E-state index contributed by atoms with van der Waals surface area (Å²) >= 11 is 1.51. The third-order valence-electron chi connectivity index (χ3n) is 2.53. The van der Waals surface area contributed by atoms with Gasteiger partial charge in [-0.25, -0.2) is 4.98 Å². The van der Waals surface area contributed by atoms with Crippen molar-refractivity contribution in [2.24, 2.45) is 16.8 Å². The van der Waals surface area contributed by atoms with Gasteiger partial charge >= 0.3 is 0 Å². The minimum atomic E-state index is -0.627. The lowest BCUT2D eigenvalue weighted by atomic mass is 10.1. The first kappa shape index (κ1) is 13.4. The summed E-state index contributed by atoms with van der Waals surface area (Å²) in [6.45, 7) is 3.99. The lowest BCUT2D eigenvalue weighted by Crippen LogP contribution is -2.38. The largest absolute Gasteiger partial charge is 0.409 e. The van der Waals surface area contributed by atoms with E-state index in [1.165, 1.54) is 11.3 Å². The first-order valence-corrected chi connectivity index (χ1v) is 5.96. The van der Waals surface area contributed by atoms with Crippen LogP contribution in [0.4, 0.5) is 0 Å². The molecule has 7 heteroatoms. The molecule has 0 saturated carbocycles. The van der Waals surface area contributed by atoms with E-state index in [-0.39, 0.29) is 11.7 Å². The highest BCUT2D eigenvalue weighted by atomic mass is 32.1. The van der Waals surface area contributed by atoms with E-state index in [0.717, 1.165) is 10.6 Å². The summed E-state index contributed by atoms with van der Waals surface area (Å²) in [4.78, 5) is 18.6. The molecule has 0 aliphatic rings. The number of hydrogen-bond acceptors (Lipinski definition) is 5. The smallest absolute Gasteiger partial charge is 0.233 e. The molecule has 1 atom stereocenters. The van der Waals surface area contributed by atoms with E-state index in [9.17, 15) is 4.79 Å². The van der Waals surface area contributed by atoms with E-state index in [1.807, 2.05) is 6.92 Å². The van der Waals surface area contributed by atoms with Gasteiger partial charge in [0, 0.05) is 11.9 Å². The molecule has 1 heterocycles.